The molecule has 2 aromatic heterocycles. The van der Waals surface area contributed by atoms with Gasteiger partial charge in [0.2, 0.25) is 0 Å². The van der Waals surface area contributed by atoms with Crippen LogP contribution in [-0.2, 0) is 0 Å². The highest BCUT2D eigenvalue weighted by atomic mass is 19.4. The van der Waals surface area contributed by atoms with Crippen molar-refractivity contribution in [2.24, 2.45) is 0 Å². The second-order valence-corrected chi connectivity index (χ2v) is 7.98. The predicted octanol–water partition coefficient (Wildman–Crippen LogP) is 5.74. The molecule has 1 aromatic carbocycles. The molecule has 1 atom stereocenters. The first-order valence-corrected chi connectivity index (χ1v) is 10.1. The van der Waals surface area contributed by atoms with Crippen molar-refractivity contribution in [3.05, 3.63) is 41.6 Å². The number of likely N-dealkylation sites (N-methyl/N-ethyl adjacent to an activating group) is 1. The Morgan fingerprint density at radius 3 is 2.42 bits per heavy atom. The van der Waals surface area contributed by atoms with Gasteiger partial charge < -0.3 is 18.9 Å². The summed E-state index contributed by atoms with van der Waals surface area (Å²) in [6, 6.07) is 6.46. The zero-order chi connectivity index (χ0) is 22.9. The van der Waals surface area contributed by atoms with E-state index in [0.29, 0.717) is 17.3 Å². The lowest BCUT2D eigenvalue weighted by atomic mass is 10.0. The van der Waals surface area contributed by atoms with Crippen molar-refractivity contribution in [1.82, 2.24) is 14.5 Å². The first kappa shape index (κ1) is 22.9. The molecule has 0 saturated heterocycles. The third-order valence-electron chi connectivity index (χ3n) is 5.28. The number of rotatable bonds is 7. The summed E-state index contributed by atoms with van der Waals surface area (Å²) in [7, 11) is 5.53. The number of alkyl halides is 3. The van der Waals surface area contributed by atoms with Gasteiger partial charge in [-0.3, -0.25) is 0 Å². The van der Waals surface area contributed by atoms with Crippen molar-refractivity contribution in [3.63, 3.8) is 0 Å². The Labute approximate surface area is 180 Å². The Bertz CT molecular complexity index is 1070. The predicted molar refractivity (Wildman–Crippen MR) is 116 cm³/mol. The molecule has 0 amide bonds. The summed E-state index contributed by atoms with van der Waals surface area (Å²) in [6.07, 6.45) is -1.66. The van der Waals surface area contributed by atoms with Crippen LogP contribution in [0.1, 0.15) is 30.5 Å². The highest BCUT2D eigenvalue weighted by Gasteiger charge is 2.31. The number of aromatic nitrogens is 2. The van der Waals surface area contributed by atoms with Gasteiger partial charge in [0.25, 0.3) is 0 Å². The van der Waals surface area contributed by atoms with Crippen LogP contribution in [0, 0.1) is 13.8 Å². The molecule has 3 rings (SSSR count). The lowest BCUT2D eigenvalue weighted by Gasteiger charge is -2.22. The number of nitrogens with zero attached hydrogens (tertiary/aromatic N) is 3. The van der Waals surface area contributed by atoms with Crippen LogP contribution in [0.25, 0.3) is 22.3 Å². The maximum absolute atomic E-state index is 12.6. The largest absolute Gasteiger partial charge is 0.573 e. The molecule has 3 aromatic rings. The molecule has 0 aliphatic heterocycles. The molecule has 8 heteroatoms. The topological polar surface area (TPSA) is 39.5 Å². The Balaban J connectivity index is 2.10. The number of fused-ring (bicyclic) bond motifs is 1. The third-order valence-corrected chi connectivity index (χ3v) is 5.28. The fraction of sp³-hybridized carbons (Fsp3) is 0.435. The molecule has 168 valence electrons. The van der Waals surface area contributed by atoms with Gasteiger partial charge in [0.15, 0.2) is 0 Å². The summed E-state index contributed by atoms with van der Waals surface area (Å²) in [5.74, 6) is -0.0588. The van der Waals surface area contributed by atoms with Crippen molar-refractivity contribution in [2.75, 3.05) is 27.7 Å². The highest BCUT2D eigenvalue weighted by molar-refractivity contribution is 5.85. The van der Waals surface area contributed by atoms with E-state index in [-0.39, 0.29) is 11.5 Å². The Hall–Kier alpha value is -2.74. The van der Waals surface area contributed by atoms with Crippen LogP contribution in [-0.4, -0.2) is 48.6 Å². The number of methoxy groups -OCH3 is 1. The molecule has 0 radical (unpaired) electrons. The van der Waals surface area contributed by atoms with Crippen molar-refractivity contribution in [2.45, 2.75) is 39.6 Å². The molecule has 0 saturated carbocycles. The Kier molecular flexibility index (Phi) is 6.50. The fourth-order valence-corrected chi connectivity index (χ4v) is 3.90. The molecule has 0 aliphatic carbocycles. The molecule has 0 spiro atoms. The summed E-state index contributed by atoms with van der Waals surface area (Å²) in [5.41, 5.74) is 5.16. The zero-order valence-corrected chi connectivity index (χ0v) is 18.7. The molecule has 31 heavy (non-hydrogen) atoms. The van der Waals surface area contributed by atoms with E-state index >= 15 is 0 Å². The molecule has 5 nitrogen and oxygen atoms in total. The van der Waals surface area contributed by atoms with Crippen LogP contribution >= 0.6 is 0 Å². The van der Waals surface area contributed by atoms with E-state index in [2.05, 4.69) is 47.5 Å². The van der Waals surface area contributed by atoms with Crippen molar-refractivity contribution in [3.8, 4) is 22.8 Å². The molecule has 0 bridgehead atoms. The van der Waals surface area contributed by atoms with Crippen molar-refractivity contribution in [1.29, 1.82) is 0 Å². The van der Waals surface area contributed by atoms with Gasteiger partial charge in [-0.1, -0.05) is 6.92 Å². The summed E-state index contributed by atoms with van der Waals surface area (Å²) in [4.78, 5) is 7.06. The normalized spacial score (nSPS) is 13.1. The first-order valence-electron chi connectivity index (χ1n) is 10.1. The molecule has 0 N–H and O–H groups in total. The second-order valence-electron chi connectivity index (χ2n) is 7.98. The molecule has 0 unspecified atom stereocenters. The minimum atomic E-state index is -4.76. The van der Waals surface area contributed by atoms with Gasteiger partial charge in [0.1, 0.15) is 11.5 Å². The van der Waals surface area contributed by atoms with Gasteiger partial charge in [-0.15, -0.1) is 13.2 Å². The smallest absolute Gasteiger partial charge is 0.496 e. The number of halogens is 3. The molecule has 0 fully saturated rings. The van der Waals surface area contributed by atoms with Crippen LogP contribution in [0.2, 0.25) is 0 Å². The summed E-state index contributed by atoms with van der Waals surface area (Å²) in [5, 5.41) is 0. The maximum atomic E-state index is 12.6. The second kappa shape index (κ2) is 8.78. The van der Waals surface area contributed by atoms with E-state index < -0.39 is 6.36 Å². The van der Waals surface area contributed by atoms with E-state index in [4.69, 9.17) is 9.72 Å². The van der Waals surface area contributed by atoms with Gasteiger partial charge in [-0.2, -0.15) is 0 Å². The monoisotopic (exact) mass is 435 g/mol. The molecular weight excluding hydrogens is 407 g/mol. The summed E-state index contributed by atoms with van der Waals surface area (Å²) < 4.78 is 49.4. The highest BCUT2D eigenvalue weighted by Crippen LogP contribution is 2.37. The molecule has 2 heterocycles. The Morgan fingerprint density at radius 1 is 1.13 bits per heavy atom. The van der Waals surface area contributed by atoms with Crippen molar-refractivity contribution < 1.29 is 22.6 Å². The average Bonchev–Trinajstić information content (AvgIpc) is 2.99. The van der Waals surface area contributed by atoms with Crippen LogP contribution in [0.4, 0.5) is 13.2 Å². The minimum Gasteiger partial charge on any atom is -0.496 e. The van der Waals surface area contributed by atoms with Crippen LogP contribution in [0.3, 0.4) is 0 Å². The van der Waals surface area contributed by atoms with Crippen LogP contribution < -0.4 is 9.47 Å². The standard InChI is InChI=1S/C23H28F3N3O2/c1-7-16(13-28(4)5)29-12-15(3)22-19(29)10-14(2)21(27-22)18-9-8-17(11-20(18)30-6)31-23(24,25)26/h8-12,16H,7,13H2,1-6H3/t16-/m1/s1. The zero-order valence-electron chi connectivity index (χ0n) is 18.7. The summed E-state index contributed by atoms with van der Waals surface area (Å²) >= 11 is 0. The number of ether oxygens (including phenoxy) is 2. The van der Waals surface area contributed by atoms with E-state index in [1.807, 2.05) is 13.8 Å². The van der Waals surface area contributed by atoms with Gasteiger partial charge in [-0.25, -0.2) is 4.98 Å². The van der Waals surface area contributed by atoms with Gasteiger partial charge >= 0.3 is 6.36 Å². The van der Waals surface area contributed by atoms with Gasteiger partial charge in [-0.05, 0) is 63.7 Å². The SMILES string of the molecule is CC[C@H](CN(C)C)n1cc(C)c2nc(-c3ccc(OC(F)(F)F)cc3OC)c(C)cc21. The number of aryl methyl sites for hydroxylation is 2. The van der Waals surface area contributed by atoms with E-state index in [1.165, 1.54) is 19.2 Å². The van der Waals surface area contributed by atoms with E-state index in [0.717, 1.165) is 35.1 Å². The molecule has 0 aliphatic rings. The van der Waals surface area contributed by atoms with Crippen LogP contribution in [0.15, 0.2) is 30.5 Å². The number of hydrogen-bond donors (Lipinski definition) is 0. The minimum absolute atomic E-state index is 0.271. The summed E-state index contributed by atoms with van der Waals surface area (Å²) in [6.45, 7) is 7.04. The first-order chi connectivity index (χ1) is 14.5. The lowest BCUT2D eigenvalue weighted by molar-refractivity contribution is -0.274. The third kappa shape index (κ3) is 4.95. The fourth-order valence-electron chi connectivity index (χ4n) is 3.90. The van der Waals surface area contributed by atoms with Gasteiger partial charge in [0, 0.05) is 30.4 Å². The molecular formula is C23H28F3N3O2. The maximum Gasteiger partial charge on any atom is 0.573 e. The number of hydrogen-bond acceptors (Lipinski definition) is 4. The average molecular weight is 435 g/mol. The number of benzene rings is 1. The van der Waals surface area contributed by atoms with E-state index in [9.17, 15) is 13.2 Å². The van der Waals surface area contributed by atoms with Crippen LogP contribution in [0.5, 0.6) is 11.5 Å². The quantitative estimate of drug-likeness (QED) is 0.474. The van der Waals surface area contributed by atoms with E-state index in [1.54, 1.807) is 6.07 Å². The van der Waals surface area contributed by atoms with Gasteiger partial charge in [0.05, 0.1) is 23.8 Å². The lowest BCUT2D eigenvalue weighted by Crippen LogP contribution is -2.23. The number of pyridine rings is 1. The van der Waals surface area contributed by atoms with Crippen molar-refractivity contribution >= 4 is 11.0 Å². The Morgan fingerprint density at radius 2 is 1.84 bits per heavy atom.